The van der Waals surface area contributed by atoms with Gasteiger partial charge in [0.25, 0.3) is 5.91 Å². The molecule has 1 atom stereocenters. The third-order valence-electron chi connectivity index (χ3n) is 6.85. The molecule has 182 valence electrons. The molecule has 0 unspecified atom stereocenters. The maximum atomic E-state index is 13.5. The molecule has 2 aromatic carbocycles. The minimum absolute atomic E-state index is 0.0302. The third kappa shape index (κ3) is 5.33. The van der Waals surface area contributed by atoms with Gasteiger partial charge in [-0.05, 0) is 55.2 Å². The highest BCUT2D eigenvalue weighted by Crippen LogP contribution is 2.33. The van der Waals surface area contributed by atoms with E-state index in [-0.39, 0.29) is 23.7 Å². The Morgan fingerprint density at radius 1 is 0.941 bits per heavy atom. The number of methoxy groups -OCH3 is 2. The first-order valence-corrected chi connectivity index (χ1v) is 11.8. The molecule has 7 nitrogen and oxygen atoms in total. The summed E-state index contributed by atoms with van der Waals surface area (Å²) in [5.74, 6) is 0.963. The normalized spacial score (nSPS) is 17.9. The monoisotopic (exact) mass is 469 g/mol. The molecule has 1 heterocycles. The molecule has 2 aromatic rings. The first kappa shape index (κ1) is 24.0. The van der Waals surface area contributed by atoms with Gasteiger partial charge in [0.1, 0.15) is 5.82 Å². The quantitative estimate of drug-likeness (QED) is 0.668. The molecule has 1 N–H and O–H groups in total. The highest BCUT2D eigenvalue weighted by molar-refractivity contribution is 5.96. The molecule has 2 aliphatic rings. The minimum atomic E-state index is -0.360. The Balaban J connectivity index is 1.44. The van der Waals surface area contributed by atoms with Crippen molar-refractivity contribution in [2.75, 3.05) is 45.7 Å². The highest BCUT2D eigenvalue weighted by Gasteiger charge is 2.37. The van der Waals surface area contributed by atoms with Crippen molar-refractivity contribution in [2.45, 2.75) is 31.7 Å². The second-order valence-electron chi connectivity index (χ2n) is 8.88. The predicted octanol–water partition coefficient (Wildman–Crippen LogP) is 3.80. The summed E-state index contributed by atoms with van der Waals surface area (Å²) >= 11 is 0. The van der Waals surface area contributed by atoms with Gasteiger partial charge < -0.3 is 19.7 Å². The summed E-state index contributed by atoms with van der Waals surface area (Å²) in [5.41, 5.74) is 1.14. The first-order valence-electron chi connectivity index (χ1n) is 11.8. The van der Waals surface area contributed by atoms with Crippen molar-refractivity contribution in [3.63, 3.8) is 0 Å². The molecule has 1 aliphatic heterocycles. The number of carbonyl (C=O) groups excluding carboxylic acids is 2. The first-order chi connectivity index (χ1) is 16.5. The molecule has 1 saturated carbocycles. The van der Waals surface area contributed by atoms with E-state index in [0.29, 0.717) is 54.8 Å². The molecule has 2 amide bonds. The van der Waals surface area contributed by atoms with E-state index in [9.17, 15) is 14.0 Å². The van der Waals surface area contributed by atoms with Crippen LogP contribution in [0.4, 0.5) is 10.1 Å². The number of rotatable bonds is 7. The molecule has 0 spiro atoms. The molecule has 1 aliphatic carbocycles. The van der Waals surface area contributed by atoms with Crippen molar-refractivity contribution in [2.24, 2.45) is 5.92 Å². The largest absolute Gasteiger partial charge is 0.493 e. The Hall–Kier alpha value is -3.13. The summed E-state index contributed by atoms with van der Waals surface area (Å²) in [4.78, 5) is 30.3. The maximum Gasteiger partial charge on any atom is 0.253 e. The van der Waals surface area contributed by atoms with Crippen molar-refractivity contribution < 1.29 is 23.5 Å². The van der Waals surface area contributed by atoms with E-state index < -0.39 is 0 Å². The van der Waals surface area contributed by atoms with Crippen LogP contribution >= 0.6 is 0 Å². The van der Waals surface area contributed by atoms with Gasteiger partial charge >= 0.3 is 0 Å². The number of carbonyl (C=O) groups is 2. The van der Waals surface area contributed by atoms with Gasteiger partial charge in [0, 0.05) is 43.5 Å². The van der Waals surface area contributed by atoms with E-state index in [1.807, 2.05) is 6.07 Å². The van der Waals surface area contributed by atoms with Crippen molar-refractivity contribution in [3.05, 3.63) is 53.8 Å². The SMILES string of the molecule is COc1ccc(NC(=O)[C@@H](C2CCCC2)N2CCN(C(=O)c3ccc(F)cc3)CC2)cc1OC. The summed E-state index contributed by atoms with van der Waals surface area (Å²) in [6, 6.07) is 10.7. The lowest BCUT2D eigenvalue weighted by Gasteiger charge is -2.40. The van der Waals surface area contributed by atoms with E-state index in [4.69, 9.17) is 9.47 Å². The molecule has 1 saturated heterocycles. The van der Waals surface area contributed by atoms with E-state index in [1.165, 1.54) is 24.3 Å². The summed E-state index contributed by atoms with van der Waals surface area (Å²) in [7, 11) is 3.14. The van der Waals surface area contributed by atoms with Gasteiger partial charge in [0.15, 0.2) is 11.5 Å². The third-order valence-corrected chi connectivity index (χ3v) is 6.85. The lowest BCUT2D eigenvalue weighted by atomic mass is 9.94. The molecule has 8 heteroatoms. The summed E-state index contributed by atoms with van der Waals surface area (Å²) in [6.45, 7) is 2.30. The van der Waals surface area contributed by atoms with Gasteiger partial charge in [-0.2, -0.15) is 0 Å². The van der Waals surface area contributed by atoms with Crippen molar-refractivity contribution in [1.82, 2.24) is 9.80 Å². The van der Waals surface area contributed by atoms with Gasteiger partial charge in [-0.3, -0.25) is 14.5 Å². The van der Waals surface area contributed by atoms with Crippen LogP contribution < -0.4 is 14.8 Å². The zero-order chi connectivity index (χ0) is 24.1. The molecule has 34 heavy (non-hydrogen) atoms. The summed E-state index contributed by atoms with van der Waals surface area (Å²) < 4.78 is 23.9. The number of anilines is 1. The second kappa shape index (κ2) is 10.9. The lowest BCUT2D eigenvalue weighted by molar-refractivity contribution is -0.123. The average molecular weight is 470 g/mol. The van der Waals surface area contributed by atoms with Crippen LogP contribution in [0.2, 0.25) is 0 Å². The van der Waals surface area contributed by atoms with E-state index in [1.54, 1.807) is 31.3 Å². The van der Waals surface area contributed by atoms with E-state index in [0.717, 1.165) is 25.7 Å². The summed E-state index contributed by atoms with van der Waals surface area (Å²) in [5, 5.41) is 3.08. The molecule has 4 rings (SSSR count). The zero-order valence-corrected chi connectivity index (χ0v) is 19.8. The Kier molecular flexibility index (Phi) is 7.67. The van der Waals surface area contributed by atoms with Crippen molar-refractivity contribution >= 4 is 17.5 Å². The second-order valence-corrected chi connectivity index (χ2v) is 8.88. The molecule has 0 bridgehead atoms. The van der Waals surface area contributed by atoms with Gasteiger partial charge in [0.2, 0.25) is 5.91 Å². The number of piperazine rings is 1. The number of nitrogens with zero attached hydrogens (tertiary/aromatic N) is 2. The summed E-state index contributed by atoms with van der Waals surface area (Å²) in [6.07, 6.45) is 4.32. The van der Waals surface area contributed by atoms with Gasteiger partial charge in [0.05, 0.1) is 20.3 Å². The van der Waals surface area contributed by atoms with Crippen LogP contribution in [0.25, 0.3) is 0 Å². The zero-order valence-electron chi connectivity index (χ0n) is 19.8. The van der Waals surface area contributed by atoms with Crippen LogP contribution in [0.5, 0.6) is 11.5 Å². The van der Waals surface area contributed by atoms with E-state index >= 15 is 0 Å². The van der Waals surface area contributed by atoms with Crippen molar-refractivity contribution in [3.8, 4) is 11.5 Å². The average Bonchev–Trinajstić information content (AvgIpc) is 3.39. The molecule has 0 aromatic heterocycles. The minimum Gasteiger partial charge on any atom is -0.493 e. The Labute approximate surface area is 199 Å². The standard InChI is InChI=1S/C26H32FN3O4/c1-33-22-12-11-21(17-23(22)34-2)28-25(31)24(18-5-3-4-6-18)29-13-15-30(16-14-29)26(32)19-7-9-20(27)10-8-19/h7-12,17-18,24H,3-6,13-16H2,1-2H3,(H,28,31)/t24-/m1/s1. The Bertz CT molecular complexity index is 1000. The number of hydrogen-bond acceptors (Lipinski definition) is 5. The Morgan fingerprint density at radius 2 is 1.59 bits per heavy atom. The number of halogens is 1. The van der Waals surface area contributed by atoms with E-state index in [2.05, 4.69) is 10.2 Å². The van der Waals surface area contributed by atoms with Gasteiger partial charge in [-0.1, -0.05) is 12.8 Å². The fourth-order valence-corrected chi connectivity index (χ4v) is 5.06. The fourth-order valence-electron chi connectivity index (χ4n) is 5.06. The highest BCUT2D eigenvalue weighted by atomic mass is 19.1. The molecule has 0 radical (unpaired) electrons. The number of amides is 2. The molecule has 2 fully saturated rings. The molecular weight excluding hydrogens is 437 g/mol. The number of benzene rings is 2. The molecular formula is C26H32FN3O4. The number of ether oxygens (including phenoxy) is 2. The fraction of sp³-hybridized carbons (Fsp3) is 0.462. The van der Waals surface area contributed by atoms with Crippen LogP contribution in [-0.2, 0) is 4.79 Å². The lowest BCUT2D eigenvalue weighted by Crippen LogP contribution is -2.56. The topological polar surface area (TPSA) is 71.1 Å². The van der Waals surface area contributed by atoms with Gasteiger partial charge in [-0.15, -0.1) is 0 Å². The smallest absolute Gasteiger partial charge is 0.253 e. The van der Waals surface area contributed by atoms with Crippen LogP contribution in [0.3, 0.4) is 0 Å². The predicted molar refractivity (Wildman–Crippen MR) is 128 cm³/mol. The van der Waals surface area contributed by atoms with Crippen LogP contribution in [0.1, 0.15) is 36.0 Å². The van der Waals surface area contributed by atoms with Crippen LogP contribution in [-0.4, -0.2) is 68.1 Å². The van der Waals surface area contributed by atoms with Crippen LogP contribution in [0, 0.1) is 11.7 Å². The van der Waals surface area contributed by atoms with Crippen LogP contribution in [0.15, 0.2) is 42.5 Å². The van der Waals surface area contributed by atoms with Crippen molar-refractivity contribution in [1.29, 1.82) is 0 Å². The van der Waals surface area contributed by atoms with Gasteiger partial charge in [-0.25, -0.2) is 4.39 Å². The number of hydrogen-bond donors (Lipinski definition) is 1. The number of nitrogens with one attached hydrogen (secondary N) is 1. The Morgan fingerprint density at radius 3 is 2.21 bits per heavy atom. The maximum absolute atomic E-state index is 13.5.